The third kappa shape index (κ3) is 3.13. The van der Waals surface area contributed by atoms with Gasteiger partial charge >= 0.3 is 0 Å². The summed E-state index contributed by atoms with van der Waals surface area (Å²) in [7, 11) is 0. The lowest BCUT2D eigenvalue weighted by Gasteiger charge is -2.00. The van der Waals surface area contributed by atoms with Crippen LogP contribution in [0.2, 0.25) is 0 Å². The fraction of sp³-hybridized carbons (Fsp3) is 0.375. The van der Waals surface area contributed by atoms with Crippen molar-refractivity contribution in [2.45, 2.75) is 33.4 Å². The van der Waals surface area contributed by atoms with E-state index in [0.717, 1.165) is 37.4 Å². The first-order valence-corrected chi connectivity index (χ1v) is 7.41. The number of nitrogens with one attached hydrogen (secondary N) is 1. The minimum Gasteiger partial charge on any atom is -0.312 e. The van der Waals surface area contributed by atoms with Gasteiger partial charge in [-0.2, -0.15) is 5.10 Å². The van der Waals surface area contributed by atoms with Gasteiger partial charge in [-0.3, -0.25) is 4.68 Å². The molecule has 0 spiro atoms. The van der Waals surface area contributed by atoms with Gasteiger partial charge in [0.2, 0.25) is 0 Å². The highest BCUT2D eigenvalue weighted by Crippen LogP contribution is 2.10. The van der Waals surface area contributed by atoms with Crippen molar-refractivity contribution < 1.29 is 0 Å². The molecule has 0 bridgehead atoms. The molecule has 0 aliphatic rings. The van der Waals surface area contributed by atoms with Crippen molar-refractivity contribution in [2.75, 3.05) is 6.54 Å². The molecule has 3 heterocycles. The van der Waals surface area contributed by atoms with Crippen molar-refractivity contribution in [3.05, 3.63) is 53.7 Å². The monoisotopic (exact) mass is 283 g/mol. The van der Waals surface area contributed by atoms with E-state index in [2.05, 4.69) is 58.2 Å². The van der Waals surface area contributed by atoms with Crippen LogP contribution < -0.4 is 5.32 Å². The molecule has 0 amide bonds. The second kappa shape index (κ2) is 6.10. The lowest BCUT2D eigenvalue weighted by atomic mass is 10.3. The predicted molar refractivity (Wildman–Crippen MR) is 83.2 cm³/mol. The second-order valence-electron chi connectivity index (χ2n) is 5.29. The Bertz CT molecular complexity index is 725. The molecule has 5 nitrogen and oxygen atoms in total. The number of nitrogens with zero attached hydrogens (tertiary/aromatic N) is 4. The van der Waals surface area contributed by atoms with Gasteiger partial charge in [0, 0.05) is 50.2 Å². The van der Waals surface area contributed by atoms with Crippen LogP contribution in [0, 0.1) is 6.92 Å². The van der Waals surface area contributed by atoms with Crippen LogP contribution in [0.15, 0.2) is 36.9 Å². The number of fused-ring (bicyclic) bond motifs is 1. The van der Waals surface area contributed by atoms with Gasteiger partial charge in [-0.05, 0) is 25.5 Å². The van der Waals surface area contributed by atoms with Crippen molar-refractivity contribution in [3.63, 3.8) is 0 Å². The van der Waals surface area contributed by atoms with Crippen LogP contribution in [0.1, 0.15) is 23.7 Å². The molecule has 0 fully saturated rings. The van der Waals surface area contributed by atoms with E-state index in [1.807, 2.05) is 17.1 Å². The number of rotatable bonds is 6. The van der Waals surface area contributed by atoms with Gasteiger partial charge in [-0.1, -0.05) is 6.07 Å². The Morgan fingerprint density at radius 1 is 1.29 bits per heavy atom. The molecule has 0 unspecified atom stereocenters. The van der Waals surface area contributed by atoms with E-state index in [1.54, 1.807) is 0 Å². The summed E-state index contributed by atoms with van der Waals surface area (Å²) in [6.07, 6.45) is 9.10. The van der Waals surface area contributed by atoms with Crippen molar-refractivity contribution in [2.24, 2.45) is 0 Å². The smallest absolute Gasteiger partial charge is 0.139 e. The number of pyridine rings is 1. The number of imidazole rings is 1. The van der Waals surface area contributed by atoms with Crippen molar-refractivity contribution in [1.82, 2.24) is 24.5 Å². The Balaban J connectivity index is 1.53. The SMILES string of the molecule is CCn1cc(CNCCc2cn3cccc(C)c3n2)cn1. The summed E-state index contributed by atoms with van der Waals surface area (Å²) in [5.74, 6) is 0. The van der Waals surface area contributed by atoms with Crippen LogP contribution in [-0.2, 0) is 19.5 Å². The molecule has 0 saturated carbocycles. The largest absolute Gasteiger partial charge is 0.312 e. The molecule has 3 rings (SSSR count). The molecule has 3 aromatic heterocycles. The summed E-state index contributed by atoms with van der Waals surface area (Å²) in [6, 6.07) is 4.15. The van der Waals surface area contributed by atoms with Crippen LogP contribution in [0.5, 0.6) is 0 Å². The fourth-order valence-corrected chi connectivity index (χ4v) is 2.44. The third-order valence-corrected chi connectivity index (χ3v) is 3.63. The first-order chi connectivity index (χ1) is 10.3. The summed E-state index contributed by atoms with van der Waals surface area (Å²) < 4.78 is 4.04. The number of hydrogen-bond donors (Lipinski definition) is 1. The molecule has 110 valence electrons. The zero-order valence-electron chi connectivity index (χ0n) is 12.6. The zero-order chi connectivity index (χ0) is 14.7. The molecule has 21 heavy (non-hydrogen) atoms. The summed E-state index contributed by atoms with van der Waals surface area (Å²) in [4.78, 5) is 4.68. The summed E-state index contributed by atoms with van der Waals surface area (Å²) in [5.41, 5.74) is 4.61. The number of aromatic nitrogens is 4. The molecule has 1 N–H and O–H groups in total. The maximum absolute atomic E-state index is 4.68. The highest BCUT2D eigenvalue weighted by molar-refractivity contribution is 5.47. The average Bonchev–Trinajstić information content (AvgIpc) is 3.10. The number of aryl methyl sites for hydroxylation is 2. The van der Waals surface area contributed by atoms with Gasteiger partial charge in [0.25, 0.3) is 0 Å². The molecule has 0 aromatic carbocycles. The Kier molecular flexibility index (Phi) is 4.01. The highest BCUT2D eigenvalue weighted by atomic mass is 15.3. The molecular formula is C16H21N5. The van der Waals surface area contributed by atoms with Crippen molar-refractivity contribution >= 4 is 5.65 Å². The molecular weight excluding hydrogens is 262 g/mol. The van der Waals surface area contributed by atoms with Crippen LogP contribution in [0.25, 0.3) is 5.65 Å². The summed E-state index contributed by atoms with van der Waals surface area (Å²) >= 11 is 0. The molecule has 5 heteroatoms. The molecule has 0 radical (unpaired) electrons. The van der Waals surface area contributed by atoms with Gasteiger partial charge < -0.3 is 9.72 Å². The number of hydrogen-bond acceptors (Lipinski definition) is 3. The van der Waals surface area contributed by atoms with Gasteiger partial charge in [0.1, 0.15) is 5.65 Å². The van der Waals surface area contributed by atoms with Gasteiger partial charge in [0.15, 0.2) is 0 Å². The van der Waals surface area contributed by atoms with Gasteiger partial charge in [-0.15, -0.1) is 0 Å². The molecule has 3 aromatic rings. The quantitative estimate of drug-likeness (QED) is 0.705. The van der Waals surface area contributed by atoms with Crippen LogP contribution in [0.4, 0.5) is 0 Å². The second-order valence-corrected chi connectivity index (χ2v) is 5.29. The normalized spacial score (nSPS) is 11.3. The van der Waals surface area contributed by atoms with Crippen LogP contribution in [-0.4, -0.2) is 25.7 Å². The van der Waals surface area contributed by atoms with Crippen molar-refractivity contribution in [1.29, 1.82) is 0 Å². The first-order valence-electron chi connectivity index (χ1n) is 7.41. The van der Waals surface area contributed by atoms with E-state index in [4.69, 9.17) is 0 Å². The lowest BCUT2D eigenvalue weighted by molar-refractivity contribution is 0.654. The third-order valence-electron chi connectivity index (χ3n) is 3.63. The highest BCUT2D eigenvalue weighted by Gasteiger charge is 2.03. The minimum absolute atomic E-state index is 0.854. The van der Waals surface area contributed by atoms with Crippen LogP contribution in [0.3, 0.4) is 0 Å². The Hall–Kier alpha value is -2.14. The minimum atomic E-state index is 0.854. The lowest BCUT2D eigenvalue weighted by Crippen LogP contribution is -2.16. The van der Waals surface area contributed by atoms with Gasteiger partial charge in [0.05, 0.1) is 11.9 Å². The maximum Gasteiger partial charge on any atom is 0.139 e. The van der Waals surface area contributed by atoms with E-state index in [-0.39, 0.29) is 0 Å². The topological polar surface area (TPSA) is 47.2 Å². The average molecular weight is 283 g/mol. The summed E-state index contributed by atoms with van der Waals surface area (Å²) in [6.45, 7) is 6.87. The Morgan fingerprint density at radius 3 is 2.95 bits per heavy atom. The Morgan fingerprint density at radius 2 is 2.19 bits per heavy atom. The molecule has 0 aliphatic heterocycles. The maximum atomic E-state index is 4.68. The predicted octanol–water partition coefficient (Wildman–Crippen LogP) is 2.19. The van der Waals surface area contributed by atoms with E-state index in [1.165, 1.54) is 11.1 Å². The summed E-state index contributed by atoms with van der Waals surface area (Å²) in [5, 5.41) is 7.72. The van der Waals surface area contributed by atoms with E-state index >= 15 is 0 Å². The standard InChI is InChI=1S/C16H21N5/c1-3-21-11-14(10-18-21)9-17-7-6-15-12-20-8-4-5-13(2)16(20)19-15/h4-5,8,10-12,17H,3,6-7,9H2,1-2H3. The Labute approximate surface area is 124 Å². The van der Waals surface area contributed by atoms with Gasteiger partial charge in [-0.25, -0.2) is 4.98 Å². The van der Waals surface area contributed by atoms with E-state index < -0.39 is 0 Å². The zero-order valence-corrected chi connectivity index (χ0v) is 12.6. The molecule has 0 aliphatic carbocycles. The van der Waals surface area contributed by atoms with E-state index in [0.29, 0.717) is 0 Å². The first kappa shape index (κ1) is 13.8. The molecule has 0 atom stereocenters. The van der Waals surface area contributed by atoms with Crippen molar-refractivity contribution in [3.8, 4) is 0 Å². The molecule has 0 saturated heterocycles. The van der Waals surface area contributed by atoms with E-state index in [9.17, 15) is 0 Å². The fourth-order valence-electron chi connectivity index (χ4n) is 2.44. The van der Waals surface area contributed by atoms with Crippen LogP contribution >= 0.6 is 0 Å².